The predicted octanol–water partition coefficient (Wildman–Crippen LogP) is 9.35. The molecule has 0 saturated heterocycles. The quantitative estimate of drug-likeness (QED) is 0.0523. The summed E-state index contributed by atoms with van der Waals surface area (Å²) < 4.78 is 5.82. The van der Waals surface area contributed by atoms with E-state index in [0.29, 0.717) is 31.2 Å². The molecule has 8 heteroatoms. The van der Waals surface area contributed by atoms with E-state index in [9.17, 15) is 14.4 Å². The SMILES string of the molecule is CCCN(CCc1cccs1)C1CCc2c(cccc2OC(=O)CCNC(=O)CCCCCCCCCCCCCCCCC(=O)NCC)C1. The third kappa shape index (κ3) is 17.5. The Labute approximate surface area is 307 Å². The van der Waals surface area contributed by atoms with Gasteiger partial charge in [0.1, 0.15) is 5.75 Å². The number of amides is 2. The van der Waals surface area contributed by atoms with Gasteiger partial charge in [0.15, 0.2) is 0 Å². The molecule has 1 atom stereocenters. The van der Waals surface area contributed by atoms with E-state index in [1.807, 2.05) is 30.4 Å². The van der Waals surface area contributed by atoms with Crippen molar-refractivity contribution in [3.8, 4) is 5.75 Å². The molecule has 0 radical (unpaired) electrons. The summed E-state index contributed by atoms with van der Waals surface area (Å²) in [7, 11) is 0. The first-order valence-electron chi connectivity index (χ1n) is 20.1. The van der Waals surface area contributed by atoms with Gasteiger partial charge in [-0.15, -0.1) is 11.3 Å². The van der Waals surface area contributed by atoms with Crippen molar-refractivity contribution < 1.29 is 19.1 Å². The fourth-order valence-corrected chi connectivity index (χ4v) is 7.88. The molecule has 0 saturated carbocycles. The van der Waals surface area contributed by atoms with Crippen LogP contribution in [-0.2, 0) is 33.6 Å². The number of thiophene rings is 1. The predicted molar refractivity (Wildman–Crippen MR) is 208 cm³/mol. The summed E-state index contributed by atoms with van der Waals surface area (Å²) in [6.07, 6.45) is 23.6. The number of esters is 1. The maximum atomic E-state index is 12.7. The van der Waals surface area contributed by atoms with Gasteiger partial charge >= 0.3 is 5.97 Å². The van der Waals surface area contributed by atoms with Gasteiger partial charge in [0.25, 0.3) is 0 Å². The van der Waals surface area contributed by atoms with E-state index in [1.54, 1.807) is 0 Å². The summed E-state index contributed by atoms with van der Waals surface area (Å²) in [4.78, 5) is 40.6. The van der Waals surface area contributed by atoms with Gasteiger partial charge in [-0.05, 0) is 87.1 Å². The monoisotopic (exact) mass is 709 g/mol. The summed E-state index contributed by atoms with van der Waals surface area (Å²) in [5.74, 6) is 0.623. The van der Waals surface area contributed by atoms with Crippen molar-refractivity contribution in [2.75, 3.05) is 26.2 Å². The maximum absolute atomic E-state index is 12.7. The van der Waals surface area contributed by atoms with Crippen LogP contribution in [0.25, 0.3) is 0 Å². The second kappa shape index (κ2) is 26.1. The molecule has 50 heavy (non-hydrogen) atoms. The van der Waals surface area contributed by atoms with E-state index in [2.05, 4.69) is 46.0 Å². The van der Waals surface area contributed by atoms with Crippen LogP contribution in [0, 0.1) is 0 Å². The van der Waals surface area contributed by atoms with Crippen molar-refractivity contribution in [1.82, 2.24) is 15.5 Å². The Kier molecular flexibility index (Phi) is 21.8. The van der Waals surface area contributed by atoms with Crippen molar-refractivity contribution >= 4 is 29.1 Å². The third-order valence-electron chi connectivity index (χ3n) is 9.97. The summed E-state index contributed by atoms with van der Waals surface area (Å²) in [5.41, 5.74) is 2.46. The highest BCUT2D eigenvalue weighted by molar-refractivity contribution is 7.09. The Bertz CT molecular complexity index is 1220. The molecule has 2 aromatic rings. The highest BCUT2D eigenvalue weighted by Gasteiger charge is 2.26. The lowest BCUT2D eigenvalue weighted by Gasteiger charge is -2.35. The van der Waals surface area contributed by atoms with Gasteiger partial charge in [0.05, 0.1) is 6.42 Å². The molecule has 0 spiro atoms. The Hall–Kier alpha value is -2.71. The van der Waals surface area contributed by atoms with Crippen LogP contribution in [0.5, 0.6) is 5.75 Å². The first-order valence-corrected chi connectivity index (χ1v) is 21.0. The van der Waals surface area contributed by atoms with Crippen LogP contribution in [-0.4, -0.2) is 54.9 Å². The number of nitrogens with one attached hydrogen (secondary N) is 2. The molecule has 1 aromatic heterocycles. The highest BCUT2D eigenvalue weighted by Crippen LogP contribution is 2.32. The van der Waals surface area contributed by atoms with E-state index in [0.717, 1.165) is 71.0 Å². The van der Waals surface area contributed by atoms with E-state index < -0.39 is 0 Å². The maximum Gasteiger partial charge on any atom is 0.312 e. The lowest BCUT2D eigenvalue weighted by atomic mass is 9.86. The summed E-state index contributed by atoms with van der Waals surface area (Å²) >= 11 is 1.84. The Morgan fingerprint density at radius 3 is 1.96 bits per heavy atom. The van der Waals surface area contributed by atoms with Crippen LogP contribution in [0.2, 0.25) is 0 Å². The van der Waals surface area contributed by atoms with E-state index >= 15 is 0 Å². The number of carbonyl (C=O) groups is 3. The van der Waals surface area contributed by atoms with Gasteiger partial charge in [-0.1, -0.05) is 102 Å². The second-order valence-corrected chi connectivity index (χ2v) is 15.2. The molecular formula is C42H67N3O4S. The molecule has 0 fully saturated rings. The van der Waals surface area contributed by atoms with Crippen LogP contribution >= 0.6 is 11.3 Å². The highest BCUT2D eigenvalue weighted by atomic mass is 32.1. The first kappa shape index (κ1) is 41.7. The fraction of sp³-hybridized carbons (Fsp3) is 0.690. The number of hydrogen-bond acceptors (Lipinski definition) is 6. The van der Waals surface area contributed by atoms with Crippen molar-refractivity contribution in [2.24, 2.45) is 0 Å². The van der Waals surface area contributed by atoms with Gasteiger partial charge in [0.2, 0.25) is 11.8 Å². The molecule has 2 amide bonds. The normalized spacial score (nSPS) is 14.0. The molecular weight excluding hydrogens is 643 g/mol. The molecule has 1 aliphatic rings. The fourth-order valence-electron chi connectivity index (χ4n) is 7.18. The van der Waals surface area contributed by atoms with Crippen LogP contribution < -0.4 is 15.4 Å². The Morgan fingerprint density at radius 1 is 0.760 bits per heavy atom. The molecule has 1 unspecified atom stereocenters. The number of hydrogen-bond donors (Lipinski definition) is 2. The van der Waals surface area contributed by atoms with Crippen LogP contribution in [0.1, 0.15) is 152 Å². The molecule has 0 bridgehead atoms. The number of ether oxygens (including phenoxy) is 1. The number of benzene rings is 1. The van der Waals surface area contributed by atoms with Crippen molar-refractivity contribution in [3.63, 3.8) is 0 Å². The zero-order valence-corrected chi connectivity index (χ0v) is 32.2. The molecule has 2 N–H and O–H groups in total. The summed E-state index contributed by atoms with van der Waals surface area (Å²) in [6.45, 7) is 7.47. The topological polar surface area (TPSA) is 87.7 Å². The van der Waals surface area contributed by atoms with Gasteiger partial charge in [-0.3, -0.25) is 19.3 Å². The number of fused-ring (bicyclic) bond motifs is 1. The largest absolute Gasteiger partial charge is 0.426 e. The molecule has 3 rings (SSSR count). The third-order valence-corrected chi connectivity index (χ3v) is 10.9. The standard InChI is InChI=1S/C42H67N3O4S/c1-3-31-45(32-29-37-22-20-33-50-37)36-26-27-38-35(34-36)21-19-23-39(38)49-42(48)28-30-44-41(47)25-18-16-14-12-10-8-6-5-7-9-11-13-15-17-24-40(46)43-4-2/h19-23,33,36H,3-18,24-32,34H2,1-2H3,(H,43,46)(H,44,47). The van der Waals surface area contributed by atoms with E-state index in [4.69, 9.17) is 4.74 Å². The van der Waals surface area contributed by atoms with Gasteiger partial charge in [-0.2, -0.15) is 0 Å². The summed E-state index contributed by atoms with van der Waals surface area (Å²) in [6, 6.07) is 11.0. The van der Waals surface area contributed by atoms with Crippen LogP contribution in [0.3, 0.4) is 0 Å². The van der Waals surface area contributed by atoms with E-state index in [-0.39, 0.29) is 24.2 Å². The number of carbonyl (C=O) groups excluding carboxylic acids is 3. The molecule has 0 aliphatic heterocycles. The second-order valence-electron chi connectivity index (χ2n) is 14.1. The minimum atomic E-state index is -0.283. The summed E-state index contributed by atoms with van der Waals surface area (Å²) in [5, 5.41) is 7.93. The Morgan fingerprint density at radius 2 is 1.38 bits per heavy atom. The minimum Gasteiger partial charge on any atom is -0.426 e. The van der Waals surface area contributed by atoms with Crippen LogP contribution in [0.4, 0.5) is 0 Å². The van der Waals surface area contributed by atoms with Gasteiger partial charge < -0.3 is 15.4 Å². The lowest BCUT2D eigenvalue weighted by molar-refractivity contribution is -0.134. The van der Waals surface area contributed by atoms with Crippen molar-refractivity contribution in [3.05, 3.63) is 51.7 Å². The molecule has 1 aliphatic carbocycles. The average Bonchev–Trinajstić information content (AvgIpc) is 3.64. The van der Waals surface area contributed by atoms with Crippen molar-refractivity contribution in [1.29, 1.82) is 0 Å². The lowest BCUT2D eigenvalue weighted by Crippen LogP contribution is -2.41. The van der Waals surface area contributed by atoms with E-state index in [1.165, 1.54) is 86.6 Å². The number of rotatable bonds is 28. The van der Waals surface area contributed by atoms with Crippen molar-refractivity contribution in [2.45, 2.75) is 161 Å². The average molecular weight is 710 g/mol. The zero-order valence-electron chi connectivity index (χ0n) is 31.4. The molecule has 1 heterocycles. The number of unbranched alkanes of at least 4 members (excludes halogenated alkanes) is 13. The zero-order chi connectivity index (χ0) is 35.7. The Balaban J connectivity index is 1.17. The molecule has 1 aromatic carbocycles. The number of nitrogens with zero attached hydrogens (tertiary/aromatic N) is 1. The minimum absolute atomic E-state index is 0.0265. The smallest absolute Gasteiger partial charge is 0.312 e. The first-order chi connectivity index (χ1) is 24.5. The molecule has 7 nitrogen and oxygen atoms in total. The van der Waals surface area contributed by atoms with Gasteiger partial charge in [0, 0.05) is 43.4 Å². The molecule has 280 valence electrons. The van der Waals surface area contributed by atoms with Gasteiger partial charge in [-0.25, -0.2) is 0 Å². The van der Waals surface area contributed by atoms with Crippen LogP contribution in [0.15, 0.2) is 35.7 Å².